The summed E-state index contributed by atoms with van der Waals surface area (Å²) in [5, 5.41) is 8.59. The number of rotatable bonds is 7. The van der Waals surface area contributed by atoms with Crippen LogP contribution >= 0.6 is 0 Å². The van der Waals surface area contributed by atoms with Gasteiger partial charge in [-0.3, -0.25) is 4.68 Å². The number of carbonyl (C=O) groups is 2. The molecule has 1 saturated heterocycles. The van der Waals surface area contributed by atoms with Crippen LogP contribution in [-0.4, -0.2) is 79.3 Å². The minimum Gasteiger partial charge on any atom is -0.444 e. The zero-order chi connectivity index (χ0) is 35.7. The van der Waals surface area contributed by atoms with Gasteiger partial charge in [-0.1, -0.05) is 19.9 Å². The van der Waals surface area contributed by atoms with Crippen molar-refractivity contribution in [2.24, 2.45) is 7.05 Å². The lowest BCUT2D eigenvalue weighted by atomic mass is 10.0. The van der Waals surface area contributed by atoms with E-state index >= 15 is 4.39 Å². The number of fused-ring (bicyclic) bond motifs is 1. The van der Waals surface area contributed by atoms with Gasteiger partial charge in [0.1, 0.15) is 35.0 Å². The Morgan fingerprint density at radius 3 is 2.31 bits per heavy atom. The highest BCUT2D eigenvalue weighted by Gasteiger charge is 2.28. The van der Waals surface area contributed by atoms with E-state index in [1.54, 1.807) is 37.8 Å². The molecule has 4 aromatic rings. The Bertz CT molecular complexity index is 1840. The normalized spacial score (nSPS) is 13.9. The van der Waals surface area contributed by atoms with Crippen molar-refractivity contribution in [1.29, 1.82) is 0 Å². The lowest BCUT2D eigenvalue weighted by molar-refractivity contribution is -0.0113. The molecule has 1 amide bonds. The highest BCUT2D eigenvalue weighted by atomic mass is 19.1. The van der Waals surface area contributed by atoms with E-state index in [2.05, 4.69) is 39.1 Å². The van der Waals surface area contributed by atoms with Crippen LogP contribution in [0.4, 0.5) is 31.4 Å². The van der Waals surface area contributed by atoms with E-state index in [4.69, 9.17) is 19.2 Å². The van der Waals surface area contributed by atoms with Crippen LogP contribution in [0.3, 0.4) is 0 Å². The van der Waals surface area contributed by atoms with Crippen LogP contribution in [0, 0.1) is 5.82 Å². The predicted molar refractivity (Wildman–Crippen MR) is 184 cm³/mol. The average molecular weight is 677 g/mol. The maximum absolute atomic E-state index is 15.1. The third kappa shape index (κ3) is 8.72. The van der Waals surface area contributed by atoms with Gasteiger partial charge >= 0.3 is 12.2 Å². The lowest BCUT2D eigenvalue weighted by Gasteiger charge is -2.37. The summed E-state index contributed by atoms with van der Waals surface area (Å²) in [6.45, 7) is 16.7. The topological polar surface area (TPSA) is 137 Å². The number of hydrogen-bond donors (Lipinski definition) is 1. The van der Waals surface area contributed by atoms with Gasteiger partial charge in [-0.15, -0.1) is 0 Å². The summed E-state index contributed by atoms with van der Waals surface area (Å²) in [5.41, 5.74) is 2.44. The first-order valence-corrected chi connectivity index (χ1v) is 16.3. The van der Waals surface area contributed by atoms with Crippen LogP contribution in [0.1, 0.15) is 72.7 Å². The summed E-state index contributed by atoms with van der Waals surface area (Å²) < 4.78 is 33.3. The van der Waals surface area contributed by atoms with Gasteiger partial charge < -0.3 is 29.3 Å². The molecule has 0 unspecified atom stereocenters. The molecule has 0 bridgehead atoms. The van der Waals surface area contributed by atoms with Gasteiger partial charge in [-0.2, -0.15) is 5.10 Å². The zero-order valence-corrected chi connectivity index (χ0v) is 29.6. The molecular formula is C35H45FN8O5. The van der Waals surface area contributed by atoms with Crippen LogP contribution in [0.5, 0.6) is 0 Å². The average Bonchev–Trinajstić information content (AvgIpc) is 3.34. The molecule has 4 heterocycles. The van der Waals surface area contributed by atoms with E-state index in [1.165, 1.54) is 0 Å². The number of hydrogen-bond acceptors (Lipinski definition) is 11. The van der Waals surface area contributed by atoms with Gasteiger partial charge in [0.05, 0.1) is 17.4 Å². The second kappa shape index (κ2) is 13.8. The molecule has 1 fully saturated rings. The van der Waals surface area contributed by atoms with Crippen molar-refractivity contribution in [2.45, 2.75) is 79.1 Å². The van der Waals surface area contributed by atoms with E-state index in [9.17, 15) is 9.59 Å². The lowest BCUT2D eigenvalue weighted by Crippen LogP contribution is -2.50. The third-order valence-electron chi connectivity index (χ3n) is 7.62. The Balaban J connectivity index is 1.39. The number of nitrogens with zero attached hydrogens (tertiary/aromatic N) is 7. The molecule has 1 aliphatic rings. The Morgan fingerprint density at radius 2 is 1.65 bits per heavy atom. The van der Waals surface area contributed by atoms with Crippen molar-refractivity contribution in [3.05, 3.63) is 53.7 Å². The molecule has 0 radical (unpaired) electrons. The molecule has 1 N–H and O–H groups in total. The molecule has 13 nitrogen and oxygen atoms in total. The molecule has 262 valence electrons. The molecule has 1 aromatic carbocycles. The largest absolute Gasteiger partial charge is 0.509 e. The number of amides is 1. The van der Waals surface area contributed by atoms with E-state index in [-0.39, 0.29) is 30.3 Å². The van der Waals surface area contributed by atoms with E-state index in [1.807, 2.05) is 50.7 Å². The summed E-state index contributed by atoms with van der Waals surface area (Å²) in [5.74, 6) is 0.146. The second-order valence-electron chi connectivity index (χ2n) is 14.3. The highest BCUT2D eigenvalue weighted by molar-refractivity contribution is 5.87. The Kier molecular flexibility index (Phi) is 9.97. The maximum Gasteiger partial charge on any atom is 0.509 e. The minimum absolute atomic E-state index is 0.130. The van der Waals surface area contributed by atoms with Crippen molar-refractivity contribution in [3.63, 3.8) is 0 Å². The Morgan fingerprint density at radius 1 is 0.959 bits per heavy atom. The Labute approximate surface area is 285 Å². The number of carbonyl (C=O) groups excluding carboxylic acids is 2. The van der Waals surface area contributed by atoms with Crippen molar-refractivity contribution in [2.75, 3.05) is 36.4 Å². The monoisotopic (exact) mass is 676 g/mol. The number of benzene rings is 1. The van der Waals surface area contributed by atoms with E-state index in [0.717, 1.165) is 28.5 Å². The molecule has 5 rings (SSSR count). The third-order valence-corrected chi connectivity index (χ3v) is 7.62. The fraction of sp³-hybridized carbons (Fsp3) is 0.486. The summed E-state index contributed by atoms with van der Waals surface area (Å²) >= 11 is 0. The smallest absolute Gasteiger partial charge is 0.444 e. The fourth-order valence-electron chi connectivity index (χ4n) is 5.62. The first kappa shape index (κ1) is 35.3. The summed E-state index contributed by atoms with van der Waals surface area (Å²) in [4.78, 5) is 42.2. The SMILES string of the molecule is CC(C)c1c2cc(-c3nc(Nc4ccc(N5CCN(C(=O)OC(C)(C)C)CC5)c(COC(=O)OC(C)(C)C)n4)ncc3F)ccc2nn1C. The van der Waals surface area contributed by atoms with Crippen molar-refractivity contribution < 1.29 is 28.2 Å². The molecule has 49 heavy (non-hydrogen) atoms. The number of pyridine rings is 1. The zero-order valence-electron chi connectivity index (χ0n) is 29.6. The number of aromatic nitrogens is 5. The fourth-order valence-corrected chi connectivity index (χ4v) is 5.62. The predicted octanol–water partition coefficient (Wildman–Crippen LogP) is 6.94. The van der Waals surface area contributed by atoms with Crippen LogP contribution in [0.25, 0.3) is 22.2 Å². The van der Waals surface area contributed by atoms with Crippen LogP contribution in [0.15, 0.2) is 36.5 Å². The number of halogens is 1. The Hall–Kier alpha value is -5.01. The first-order valence-electron chi connectivity index (χ1n) is 16.3. The first-order chi connectivity index (χ1) is 23.0. The molecule has 0 spiro atoms. The van der Waals surface area contributed by atoms with Crippen LogP contribution in [0.2, 0.25) is 0 Å². The number of nitrogens with one attached hydrogen (secondary N) is 1. The molecule has 1 aliphatic heterocycles. The second-order valence-corrected chi connectivity index (χ2v) is 14.3. The van der Waals surface area contributed by atoms with Gasteiger partial charge in [0.25, 0.3) is 0 Å². The standard InChI is InChI=1S/C35H45FN8O5/c1-21(2)30-23-18-22(10-11-25(23)41-42(30)9)29-24(36)19-37-31(40-29)39-28-13-12-27(26(38-28)20-47-33(46)49-35(6,7)8)43-14-16-44(17-15-43)32(45)48-34(3,4)5/h10-13,18-19,21H,14-17,20H2,1-9H3,(H,37,38,39,40). The van der Waals surface area contributed by atoms with E-state index < -0.39 is 23.2 Å². The molecule has 0 saturated carbocycles. The number of ether oxygens (including phenoxy) is 3. The molecule has 0 aliphatic carbocycles. The number of piperazine rings is 1. The van der Waals surface area contributed by atoms with Gasteiger partial charge in [-0.05, 0) is 71.7 Å². The molecular weight excluding hydrogens is 631 g/mol. The quantitative estimate of drug-likeness (QED) is 0.204. The number of anilines is 3. The number of aryl methyl sites for hydroxylation is 1. The van der Waals surface area contributed by atoms with Gasteiger partial charge in [-0.25, -0.2) is 28.9 Å². The van der Waals surface area contributed by atoms with Crippen molar-refractivity contribution in [3.8, 4) is 11.3 Å². The van der Waals surface area contributed by atoms with E-state index in [0.29, 0.717) is 43.3 Å². The maximum atomic E-state index is 15.1. The van der Waals surface area contributed by atoms with Gasteiger partial charge in [0.15, 0.2) is 5.82 Å². The van der Waals surface area contributed by atoms with Crippen molar-refractivity contribution >= 4 is 40.6 Å². The summed E-state index contributed by atoms with van der Waals surface area (Å²) in [7, 11) is 1.90. The molecule has 3 aromatic heterocycles. The molecule has 0 atom stereocenters. The summed E-state index contributed by atoms with van der Waals surface area (Å²) in [6, 6.07) is 9.14. The summed E-state index contributed by atoms with van der Waals surface area (Å²) in [6.07, 6.45) is -0.0734. The van der Waals surface area contributed by atoms with Crippen molar-refractivity contribution in [1.82, 2.24) is 29.6 Å². The molecule has 14 heteroatoms. The van der Waals surface area contributed by atoms with Gasteiger partial charge in [0.2, 0.25) is 5.95 Å². The highest BCUT2D eigenvalue weighted by Crippen LogP contribution is 2.31. The van der Waals surface area contributed by atoms with Crippen LogP contribution < -0.4 is 10.2 Å². The van der Waals surface area contributed by atoms with Crippen LogP contribution in [-0.2, 0) is 27.9 Å². The van der Waals surface area contributed by atoms with Gasteiger partial charge in [0, 0.05) is 49.9 Å². The minimum atomic E-state index is -0.828.